The number of amides is 1. The van der Waals surface area contributed by atoms with Crippen LogP contribution in [0, 0.1) is 22.2 Å². The fourth-order valence-electron chi connectivity index (χ4n) is 7.96. The third-order valence-corrected chi connectivity index (χ3v) is 8.11. The lowest BCUT2D eigenvalue weighted by atomic mass is 9.40. The number of nitrogens with zero attached hydrogens (tertiary/aromatic N) is 3. The summed E-state index contributed by atoms with van der Waals surface area (Å²) in [5, 5.41) is 7.67. The van der Waals surface area contributed by atoms with Crippen molar-refractivity contribution in [1.29, 1.82) is 0 Å². The lowest BCUT2D eigenvalue weighted by molar-refractivity contribution is -0.165. The Morgan fingerprint density at radius 1 is 1.06 bits per heavy atom. The molecule has 2 aromatic heterocycles. The van der Waals surface area contributed by atoms with Crippen LogP contribution in [-0.4, -0.2) is 20.1 Å². The largest absolute Gasteiger partial charge is 0.350 e. The molecule has 1 amide bonds. The minimum absolute atomic E-state index is 0.162. The first kappa shape index (κ1) is 19.8. The molecule has 6 nitrogen and oxygen atoms in total. The molecule has 4 saturated carbocycles. The van der Waals surface area contributed by atoms with Gasteiger partial charge in [0.1, 0.15) is 0 Å². The standard InChI is InChI=1S/C26H30N4O2/c1-24-11-19-12-25(2,15-24)17-26(13-19,16-24)22(31)27-20-7-5-6-18(10-20)14-30-23(32)29-9-4-3-8-21(29)28-30/h3-10,19H,11-17H2,1-2H3,(H,27,31). The molecule has 32 heavy (non-hydrogen) atoms. The first-order valence-electron chi connectivity index (χ1n) is 11.7. The Hall–Kier alpha value is -2.89. The van der Waals surface area contributed by atoms with Crippen molar-refractivity contribution in [2.24, 2.45) is 22.2 Å². The van der Waals surface area contributed by atoms with Crippen LogP contribution in [0.25, 0.3) is 5.65 Å². The molecular weight excluding hydrogens is 400 g/mol. The van der Waals surface area contributed by atoms with E-state index in [-0.39, 0.29) is 17.0 Å². The predicted molar refractivity (Wildman–Crippen MR) is 123 cm³/mol. The van der Waals surface area contributed by atoms with Gasteiger partial charge in [0.05, 0.1) is 12.0 Å². The summed E-state index contributed by atoms with van der Waals surface area (Å²) in [6, 6.07) is 13.3. The van der Waals surface area contributed by atoms with Crippen LogP contribution >= 0.6 is 0 Å². The van der Waals surface area contributed by atoms with Crippen LogP contribution in [0.5, 0.6) is 0 Å². The Morgan fingerprint density at radius 3 is 2.56 bits per heavy atom. The minimum atomic E-state index is -0.239. The summed E-state index contributed by atoms with van der Waals surface area (Å²) in [6.45, 7) is 5.16. The maximum Gasteiger partial charge on any atom is 0.350 e. The molecule has 4 fully saturated rings. The van der Waals surface area contributed by atoms with Crippen LogP contribution in [0.4, 0.5) is 5.69 Å². The van der Waals surface area contributed by atoms with E-state index in [4.69, 9.17) is 0 Å². The van der Waals surface area contributed by atoms with Crippen molar-refractivity contribution in [3.05, 3.63) is 64.7 Å². The minimum Gasteiger partial charge on any atom is -0.326 e. The van der Waals surface area contributed by atoms with Gasteiger partial charge in [0.2, 0.25) is 5.91 Å². The van der Waals surface area contributed by atoms with Gasteiger partial charge in [0, 0.05) is 11.9 Å². The highest BCUT2D eigenvalue weighted by Gasteiger charge is 2.62. The quantitative estimate of drug-likeness (QED) is 0.664. The second kappa shape index (κ2) is 6.56. The molecular formula is C26H30N4O2. The van der Waals surface area contributed by atoms with Crippen molar-refractivity contribution >= 4 is 17.2 Å². The Balaban J connectivity index is 1.24. The van der Waals surface area contributed by atoms with Gasteiger partial charge in [-0.3, -0.25) is 9.20 Å². The summed E-state index contributed by atoms with van der Waals surface area (Å²) in [7, 11) is 0. The van der Waals surface area contributed by atoms with Crippen LogP contribution in [-0.2, 0) is 11.3 Å². The molecule has 4 aliphatic carbocycles. The van der Waals surface area contributed by atoms with Gasteiger partial charge in [0.15, 0.2) is 5.65 Å². The highest BCUT2D eigenvalue weighted by Crippen LogP contribution is 2.69. The van der Waals surface area contributed by atoms with Crippen molar-refractivity contribution in [3.63, 3.8) is 0 Å². The molecule has 2 atom stereocenters. The maximum atomic E-state index is 13.6. The average molecular weight is 431 g/mol. The Labute approximate surface area is 187 Å². The van der Waals surface area contributed by atoms with Crippen LogP contribution in [0.2, 0.25) is 0 Å². The molecule has 2 unspecified atom stereocenters. The van der Waals surface area contributed by atoms with Crippen molar-refractivity contribution in [1.82, 2.24) is 14.2 Å². The number of carbonyl (C=O) groups excluding carboxylic acids is 1. The van der Waals surface area contributed by atoms with Crippen LogP contribution in [0.15, 0.2) is 53.5 Å². The lowest BCUT2D eigenvalue weighted by Crippen LogP contribution is -2.58. The zero-order valence-corrected chi connectivity index (χ0v) is 18.8. The molecule has 166 valence electrons. The molecule has 0 saturated heterocycles. The molecule has 0 spiro atoms. The van der Waals surface area contributed by atoms with Crippen LogP contribution in [0.3, 0.4) is 0 Å². The average Bonchev–Trinajstić information content (AvgIpc) is 3.01. The maximum absolute atomic E-state index is 13.6. The van der Waals surface area contributed by atoms with E-state index < -0.39 is 0 Å². The van der Waals surface area contributed by atoms with Gasteiger partial charge in [-0.25, -0.2) is 9.48 Å². The van der Waals surface area contributed by atoms with Crippen LogP contribution in [0.1, 0.15) is 57.9 Å². The summed E-state index contributed by atoms with van der Waals surface area (Å²) in [6.07, 6.45) is 8.59. The topological polar surface area (TPSA) is 68.4 Å². The molecule has 4 aliphatic rings. The molecule has 1 N–H and O–H groups in total. The third-order valence-electron chi connectivity index (χ3n) is 8.11. The fraction of sp³-hybridized carbons (Fsp3) is 0.500. The van der Waals surface area contributed by atoms with Crippen molar-refractivity contribution < 1.29 is 4.79 Å². The van der Waals surface area contributed by atoms with Gasteiger partial charge in [-0.15, -0.1) is 5.10 Å². The molecule has 1 aromatic carbocycles. The van der Waals surface area contributed by atoms with E-state index in [1.165, 1.54) is 23.9 Å². The van der Waals surface area contributed by atoms with Gasteiger partial charge in [-0.05, 0) is 85.1 Å². The summed E-state index contributed by atoms with van der Waals surface area (Å²) in [5.41, 5.74) is 2.58. The number of rotatable bonds is 4. The van der Waals surface area contributed by atoms with E-state index in [0.29, 0.717) is 28.9 Å². The first-order chi connectivity index (χ1) is 15.2. The number of aromatic nitrogens is 3. The Kier molecular flexibility index (Phi) is 4.05. The number of nitrogens with one attached hydrogen (secondary N) is 1. The zero-order valence-electron chi connectivity index (χ0n) is 18.8. The highest BCUT2D eigenvalue weighted by atomic mass is 16.2. The molecule has 2 heterocycles. The summed E-state index contributed by atoms with van der Waals surface area (Å²) in [5.74, 6) is 0.862. The first-order valence-corrected chi connectivity index (χ1v) is 11.7. The monoisotopic (exact) mass is 430 g/mol. The molecule has 6 heteroatoms. The van der Waals surface area contributed by atoms with Gasteiger partial charge < -0.3 is 5.32 Å². The number of benzene rings is 1. The van der Waals surface area contributed by atoms with E-state index in [2.05, 4.69) is 24.3 Å². The summed E-state index contributed by atoms with van der Waals surface area (Å²) < 4.78 is 3.01. The zero-order chi connectivity index (χ0) is 22.1. The van der Waals surface area contributed by atoms with E-state index in [9.17, 15) is 9.59 Å². The SMILES string of the molecule is CC12CC3CC(C)(C1)CC(C(=O)Nc1cccc(Cn4nc5ccccn5c4=O)c1)(C3)C2. The predicted octanol–water partition coefficient (Wildman–Crippen LogP) is 4.48. The second-order valence-corrected chi connectivity index (χ2v) is 11.4. The van der Waals surface area contributed by atoms with E-state index in [0.717, 1.165) is 30.5 Å². The fourth-order valence-corrected chi connectivity index (χ4v) is 7.96. The summed E-state index contributed by atoms with van der Waals surface area (Å²) in [4.78, 5) is 26.2. The molecule has 0 radical (unpaired) electrons. The molecule has 7 rings (SSSR count). The normalized spacial score (nSPS) is 33.0. The van der Waals surface area contributed by atoms with Gasteiger partial charge in [0.25, 0.3) is 0 Å². The van der Waals surface area contributed by atoms with Crippen LogP contribution < -0.4 is 11.0 Å². The van der Waals surface area contributed by atoms with Crippen molar-refractivity contribution in [2.75, 3.05) is 5.32 Å². The Bertz CT molecular complexity index is 1270. The number of pyridine rings is 1. The highest BCUT2D eigenvalue weighted by molar-refractivity contribution is 5.95. The third kappa shape index (κ3) is 3.11. The molecule has 4 bridgehead atoms. The molecule has 3 aromatic rings. The van der Waals surface area contributed by atoms with Crippen molar-refractivity contribution in [3.8, 4) is 0 Å². The van der Waals surface area contributed by atoms with E-state index in [1.54, 1.807) is 10.6 Å². The Morgan fingerprint density at radius 2 is 1.84 bits per heavy atom. The van der Waals surface area contributed by atoms with Gasteiger partial charge in [-0.2, -0.15) is 0 Å². The van der Waals surface area contributed by atoms with Gasteiger partial charge >= 0.3 is 5.69 Å². The number of anilines is 1. The van der Waals surface area contributed by atoms with Gasteiger partial charge in [-0.1, -0.05) is 32.0 Å². The number of hydrogen-bond acceptors (Lipinski definition) is 3. The number of carbonyl (C=O) groups is 1. The summed E-state index contributed by atoms with van der Waals surface area (Å²) >= 11 is 0. The molecule has 0 aliphatic heterocycles. The lowest BCUT2D eigenvalue weighted by Gasteiger charge is -2.64. The van der Waals surface area contributed by atoms with E-state index >= 15 is 0 Å². The smallest absolute Gasteiger partial charge is 0.326 e. The number of fused-ring (bicyclic) bond motifs is 1. The number of hydrogen-bond donors (Lipinski definition) is 1. The second-order valence-electron chi connectivity index (χ2n) is 11.4. The van der Waals surface area contributed by atoms with Crippen molar-refractivity contribution in [2.45, 2.75) is 58.9 Å². The van der Waals surface area contributed by atoms with E-state index in [1.807, 2.05) is 42.5 Å².